The lowest BCUT2D eigenvalue weighted by Crippen LogP contribution is -2.23. The Morgan fingerprint density at radius 3 is 2.38 bits per heavy atom. The molecule has 140 valence electrons. The monoisotopic (exact) mass is 355 g/mol. The highest BCUT2D eigenvalue weighted by molar-refractivity contribution is 5.94. The molecular formula is C21H29N3O2. The first-order chi connectivity index (χ1) is 12.5. The fourth-order valence-electron chi connectivity index (χ4n) is 2.90. The zero-order valence-corrected chi connectivity index (χ0v) is 16.3. The summed E-state index contributed by atoms with van der Waals surface area (Å²) in [5.74, 6) is 0.635. The predicted molar refractivity (Wildman–Crippen MR) is 110 cm³/mol. The highest BCUT2D eigenvalue weighted by Crippen LogP contribution is 2.25. The number of anilines is 3. The number of carbonyl (C=O) groups excluding carboxylic acids is 1. The average molecular weight is 355 g/mol. The van der Waals surface area contributed by atoms with Gasteiger partial charge in [0.2, 0.25) is 5.91 Å². The third kappa shape index (κ3) is 4.91. The molecule has 0 saturated carbocycles. The summed E-state index contributed by atoms with van der Waals surface area (Å²) in [6.45, 7) is 10.4. The molecule has 0 aromatic heterocycles. The molecule has 2 rings (SSSR count). The normalized spacial score (nSPS) is 10.3. The van der Waals surface area contributed by atoms with E-state index in [-0.39, 0.29) is 12.5 Å². The minimum Gasteiger partial charge on any atom is -0.495 e. The van der Waals surface area contributed by atoms with E-state index in [1.807, 2.05) is 44.2 Å². The van der Waals surface area contributed by atoms with Crippen LogP contribution >= 0.6 is 0 Å². The number of benzene rings is 2. The summed E-state index contributed by atoms with van der Waals surface area (Å²) >= 11 is 0. The van der Waals surface area contributed by atoms with Gasteiger partial charge >= 0.3 is 0 Å². The number of aryl methyl sites for hydroxylation is 2. The van der Waals surface area contributed by atoms with Crippen LogP contribution in [0.2, 0.25) is 0 Å². The smallest absolute Gasteiger partial charge is 0.243 e. The minimum absolute atomic E-state index is 0.0905. The summed E-state index contributed by atoms with van der Waals surface area (Å²) in [6, 6.07) is 12.0. The molecule has 5 heteroatoms. The first-order valence-electron chi connectivity index (χ1n) is 9.02. The van der Waals surface area contributed by atoms with Crippen LogP contribution in [0, 0.1) is 13.8 Å². The molecular weight excluding hydrogens is 326 g/mol. The Morgan fingerprint density at radius 2 is 1.77 bits per heavy atom. The van der Waals surface area contributed by atoms with Crippen LogP contribution in [-0.2, 0) is 4.79 Å². The second-order valence-corrected chi connectivity index (χ2v) is 6.28. The van der Waals surface area contributed by atoms with Crippen LogP contribution < -0.4 is 20.3 Å². The van der Waals surface area contributed by atoms with Crippen LogP contribution in [0.3, 0.4) is 0 Å². The van der Waals surface area contributed by atoms with Crippen molar-refractivity contribution < 1.29 is 9.53 Å². The van der Waals surface area contributed by atoms with Crippen molar-refractivity contribution >= 4 is 23.0 Å². The summed E-state index contributed by atoms with van der Waals surface area (Å²) in [5.41, 5.74) is 4.99. The molecule has 5 nitrogen and oxygen atoms in total. The van der Waals surface area contributed by atoms with E-state index in [1.165, 1.54) is 5.69 Å². The molecule has 0 aliphatic heterocycles. The SMILES string of the molecule is CCN(CC)c1ccc(NC(=O)CNc2cc(C)ccc2OC)c(C)c1. The van der Waals surface area contributed by atoms with Gasteiger partial charge in [0.15, 0.2) is 0 Å². The fraction of sp³-hybridized carbons (Fsp3) is 0.381. The number of methoxy groups -OCH3 is 1. The quantitative estimate of drug-likeness (QED) is 0.745. The first kappa shape index (κ1) is 19.6. The van der Waals surface area contributed by atoms with Crippen LogP contribution in [0.1, 0.15) is 25.0 Å². The van der Waals surface area contributed by atoms with Gasteiger partial charge in [-0.1, -0.05) is 6.07 Å². The maximum atomic E-state index is 12.3. The van der Waals surface area contributed by atoms with E-state index in [2.05, 4.69) is 35.4 Å². The third-order valence-corrected chi connectivity index (χ3v) is 4.41. The van der Waals surface area contributed by atoms with Gasteiger partial charge < -0.3 is 20.3 Å². The van der Waals surface area contributed by atoms with E-state index in [0.717, 1.165) is 41.3 Å². The van der Waals surface area contributed by atoms with Crippen LogP contribution in [0.15, 0.2) is 36.4 Å². The molecule has 0 aliphatic carbocycles. The zero-order valence-electron chi connectivity index (χ0n) is 16.3. The van der Waals surface area contributed by atoms with E-state index in [0.29, 0.717) is 0 Å². The molecule has 0 heterocycles. The van der Waals surface area contributed by atoms with Crippen LogP contribution in [-0.4, -0.2) is 32.7 Å². The number of carbonyl (C=O) groups is 1. The van der Waals surface area contributed by atoms with Crippen molar-refractivity contribution in [2.75, 3.05) is 42.3 Å². The van der Waals surface area contributed by atoms with Gasteiger partial charge in [-0.05, 0) is 69.2 Å². The van der Waals surface area contributed by atoms with Gasteiger partial charge in [0.1, 0.15) is 5.75 Å². The number of hydrogen-bond donors (Lipinski definition) is 2. The molecule has 0 aliphatic rings. The third-order valence-electron chi connectivity index (χ3n) is 4.41. The summed E-state index contributed by atoms with van der Waals surface area (Å²) in [4.78, 5) is 14.6. The maximum Gasteiger partial charge on any atom is 0.243 e. The van der Waals surface area contributed by atoms with Crippen molar-refractivity contribution in [3.8, 4) is 5.75 Å². The maximum absolute atomic E-state index is 12.3. The molecule has 0 atom stereocenters. The Bertz CT molecular complexity index is 755. The molecule has 2 aromatic rings. The largest absolute Gasteiger partial charge is 0.495 e. The summed E-state index contributed by atoms with van der Waals surface area (Å²) < 4.78 is 5.33. The number of hydrogen-bond acceptors (Lipinski definition) is 4. The van der Waals surface area contributed by atoms with Gasteiger partial charge in [-0.3, -0.25) is 4.79 Å². The molecule has 0 bridgehead atoms. The van der Waals surface area contributed by atoms with Crippen molar-refractivity contribution in [2.24, 2.45) is 0 Å². The van der Waals surface area contributed by atoms with E-state index < -0.39 is 0 Å². The standard InChI is InChI=1S/C21H29N3O2/c1-6-24(7-2)17-9-10-18(16(4)13-17)23-21(25)14-22-19-12-15(3)8-11-20(19)26-5/h8-13,22H,6-7,14H2,1-5H3,(H,23,25). The summed E-state index contributed by atoms with van der Waals surface area (Å²) in [7, 11) is 1.62. The molecule has 0 spiro atoms. The second kappa shape index (κ2) is 9.13. The lowest BCUT2D eigenvalue weighted by molar-refractivity contribution is -0.114. The Kier molecular flexibility index (Phi) is 6.89. The molecule has 0 fully saturated rings. The Hall–Kier alpha value is -2.69. The Labute approximate surface area is 156 Å². The second-order valence-electron chi connectivity index (χ2n) is 6.28. The van der Waals surface area contributed by atoms with E-state index in [1.54, 1.807) is 7.11 Å². The molecule has 2 aromatic carbocycles. The van der Waals surface area contributed by atoms with E-state index in [4.69, 9.17) is 4.74 Å². The lowest BCUT2D eigenvalue weighted by atomic mass is 10.1. The van der Waals surface area contributed by atoms with Gasteiger partial charge in [0, 0.05) is 24.5 Å². The molecule has 1 amide bonds. The van der Waals surface area contributed by atoms with Crippen molar-refractivity contribution in [2.45, 2.75) is 27.7 Å². The molecule has 0 radical (unpaired) electrons. The van der Waals surface area contributed by atoms with Crippen molar-refractivity contribution in [1.82, 2.24) is 0 Å². The van der Waals surface area contributed by atoms with E-state index in [9.17, 15) is 4.79 Å². The predicted octanol–water partition coefficient (Wildman–Crippen LogP) is 4.21. The lowest BCUT2D eigenvalue weighted by Gasteiger charge is -2.22. The molecule has 0 saturated heterocycles. The molecule has 26 heavy (non-hydrogen) atoms. The van der Waals surface area contributed by atoms with Gasteiger partial charge in [-0.2, -0.15) is 0 Å². The van der Waals surface area contributed by atoms with Gasteiger partial charge in [0.25, 0.3) is 0 Å². The average Bonchev–Trinajstić information content (AvgIpc) is 2.63. The van der Waals surface area contributed by atoms with Gasteiger partial charge in [0.05, 0.1) is 19.3 Å². The molecule has 2 N–H and O–H groups in total. The minimum atomic E-state index is -0.0905. The summed E-state index contributed by atoms with van der Waals surface area (Å²) in [6.07, 6.45) is 0. The summed E-state index contributed by atoms with van der Waals surface area (Å²) in [5, 5.41) is 6.12. The highest BCUT2D eigenvalue weighted by atomic mass is 16.5. The Morgan fingerprint density at radius 1 is 1.04 bits per heavy atom. The van der Waals surface area contributed by atoms with Crippen LogP contribution in [0.4, 0.5) is 17.1 Å². The van der Waals surface area contributed by atoms with Crippen molar-refractivity contribution in [3.63, 3.8) is 0 Å². The van der Waals surface area contributed by atoms with Crippen molar-refractivity contribution in [1.29, 1.82) is 0 Å². The Balaban J connectivity index is 2.01. The topological polar surface area (TPSA) is 53.6 Å². The number of amides is 1. The van der Waals surface area contributed by atoms with Crippen molar-refractivity contribution in [3.05, 3.63) is 47.5 Å². The highest BCUT2D eigenvalue weighted by Gasteiger charge is 2.09. The number of nitrogens with one attached hydrogen (secondary N) is 2. The van der Waals surface area contributed by atoms with Crippen LogP contribution in [0.5, 0.6) is 5.75 Å². The molecule has 0 unspecified atom stereocenters. The fourth-order valence-corrected chi connectivity index (χ4v) is 2.90. The van der Waals surface area contributed by atoms with E-state index >= 15 is 0 Å². The number of nitrogens with zero attached hydrogens (tertiary/aromatic N) is 1. The first-order valence-corrected chi connectivity index (χ1v) is 9.02. The zero-order chi connectivity index (χ0) is 19.1. The van der Waals surface area contributed by atoms with Gasteiger partial charge in [-0.15, -0.1) is 0 Å². The van der Waals surface area contributed by atoms with Gasteiger partial charge in [-0.25, -0.2) is 0 Å². The number of rotatable bonds is 8. The van der Waals surface area contributed by atoms with Crippen LogP contribution in [0.25, 0.3) is 0 Å². The number of ether oxygens (including phenoxy) is 1.